The van der Waals surface area contributed by atoms with Crippen LogP contribution in [0.2, 0.25) is 0 Å². The van der Waals surface area contributed by atoms with E-state index in [4.69, 9.17) is 4.55 Å². The van der Waals surface area contributed by atoms with Gasteiger partial charge in [0.2, 0.25) is 0 Å². The second-order valence-corrected chi connectivity index (χ2v) is 4.07. The molecule has 0 spiro atoms. The van der Waals surface area contributed by atoms with Crippen molar-refractivity contribution in [2.24, 2.45) is 0 Å². The van der Waals surface area contributed by atoms with Gasteiger partial charge in [-0.05, 0) is 24.3 Å². The highest BCUT2D eigenvalue weighted by atomic mass is 35.5. The molecule has 16 heavy (non-hydrogen) atoms. The maximum atomic E-state index is 11.7. The quantitative estimate of drug-likeness (QED) is 0.853. The number of hydrogen-bond donors (Lipinski definition) is 1. The summed E-state index contributed by atoms with van der Waals surface area (Å²) in [4.78, 5) is -0.313. The molecule has 92 valence electrons. The van der Waals surface area contributed by atoms with Gasteiger partial charge in [-0.3, -0.25) is 4.55 Å². The lowest BCUT2D eigenvalue weighted by atomic mass is 10.3. The van der Waals surface area contributed by atoms with Crippen molar-refractivity contribution in [1.82, 2.24) is 0 Å². The first kappa shape index (κ1) is 15.1. The van der Waals surface area contributed by atoms with E-state index < -0.39 is 23.2 Å². The van der Waals surface area contributed by atoms with Crippen LogP contribution in [0.4, 0.5) is 8.78 Å². The van der Waals surface area contributed by atoms with Crippen LogP contribution in [0, 0.1) is 0 Å². The highest BCUT2D eigenvalue weighted by Gasteiger charge is 2.09. The number of hydrogen-bond acceptors (Lipinski definition) is 3. The van der Waals surface area contributed by atoms with Crippen LogP contribution < -0.4 is 4.74 Å². The lowest BCUT2D eigenvalue weighted by Crippen LogP contribution is -2.07. The molecule has 0 radical (unpaired) electrons. The third-order valence-electron chi connectivity index (χ3n) is 1.50. The summed E-state index contributed by atoms with van der Waals surface area (Å²) in [5.74, 6) is 0.114. The maximum absolute atomic E-state index is 11.7. The molecule has 1 aromatic carbocycles. The molecular formula is C8H9ClF2O4S. The molecule has 0 bridgehead atoms. The molecule has 1 aromatic rings. The predicted octanol–water partition coefficient (Wildman–Crippen LogP) is 2.00. The van der Waals surface area contributed by atoms with Gasteiger partial charge in [-0.15, -0.1) is 12.4 Å². The van der Waals surface area contributed by atoms with Crippen LogP contribution in [0.5, 0.6) is 5.75 Å². The van der Waals surface area contributed by atoms with Gasteiger partial charge in [0.25, 0.3) is 16.5 Å². The Morgan fingerprint density at radius 2 is 1.75 bits per heavy atom. The average Bonchev–Trinajstić information content (AvgIpc) is 2.14. The van der Waals surface area contributed by atoms with Crippen molar-refractivity contribution in [2.45, 2.75) is 11.3 Å². The third kappa shape index (κ3) is 4.73. The summed E-state index contributed by atoms with van der Waals surface area (Å²) in [7, 11) is -4.25. The van der Waals surface area contributed by atoms with Crippen LogP contribution in [0.3, 0.4) is 0 Å². The molecule has 0 atom stereocenters. The van der Waals surface area contributed by atoms with E-state index in [1.54, 1.807) is 0 Å². The van der Waals surface area contributed by atoms with Gasteiger partial charge in [0.05, 0.1) is 4.90 Å². The lowest BCUT2D eigenvalue weighted by molar-refractivity contribution is 0.0819. The molecular weight excluding hydrogens is 266 g/mol. The Labute approximate surface area is 97.4 Å². The molecule has 1 N–H and O–H groups in total. The normalized spacial score (nSPS) is 11.0. The third-order valence-corrected chi connectivity index (χ3v) is 2.37. The van der Waals surface area contributed by atoms with E-state index in [1.165, 1.54) is 12.1 Å². The monoisotopic (exact) mass is 274 g/mol. The van der Waals surface area contributed by atoms with E-state index in [0.717, 1.165) is 12.1 Å². The minimum Gasteiger partial charge on any atom is -0.488 e. The van der Waals surface area contributed by atoms with Gasteiger partial charge in [-0.25, -0.2) is 8.78 Å². The lowest BCUT2D eigenvalue weighted by Gasteiger charge is -2.05. The molecule has 0 aliphatic carbocycles. The number of alkyl halides is 2. The summed E-state index contributed by atoms with van der Waals surface area (Å²) in [6, 6.07) is 4.50. The van der Waals surface area contributed by atoms with Gasteiger partial charge in [0.1, 0.15) is 12.4 Å². The fourth-order valence-electron chi connectivity index (χ4n) is 0.867. The standard InChI is InChI=1S/C8H8F2O4S.ClH/c9-8(10)5-14-6-1-3-7(4-2-6)15(11,12)13;/h1-4,8H,5H2,(H,11,12,13);1H. The number of ether oxygens (including phenoxy) is 1. The van der Waals surface area contributed by atoms with E-state index in [1.807, 2.05) is 0 Å². The van der Waals surface area contributed by atoms with E-state index in [9.17, 15) is 17.2 Å². The average molecular weight is 275 g/mol. The minimum absolute atomic E-state index is 0. The summed E-state index contributed by atoms with van der Waals surface area (Å²) in [5.41, 5.74) is 0. The Hall–Kier alpha value is -0.920. The zero-order valence-corrected chi connectivity index (χ0v) is 9.47. The van der Waals surface area contributed by atoms with E-state index >= 15 is 0 Å². The van der Waals surface area contributed by atoms with Crippen LogP contribution in [0.1, 0.15) is 0 Å². The summed E-state index contributed by atoms with van der Waals surface area (Å²) < 4.78 is 57.9. The maximum Gasteiger partial charge on any atom is 0.294 e. The molecule has 0 aliphatic rings. The van der Waals surface area contributed by atoms with Crippen molar-refractivity contribution in [1.29, 1.82) is 0 Å². The predicted molar refractivity (Wildman–Crippen MR) is 55.0 cm³/mol. The molecule has 8 heteroatoms. The van der Waals surface area contributed by atoms with Gasteiger partial charge >= 0.3 is 0 Å². The number of rotatable bonds is 4. The van der Waals surface area contributed by atoms with Gasteiger partial charge in [-0.1, -0.05) is 0 Å². The van der Waals surface area contributed by atoms with E-state index in [-0.39, 0.29) is 23.1 Å². The molecule has 1 rings (SSSR count). The van der Waals surface area contributed by atoms with Crippen LogP contribution in [0.15, 0.2) is 29.2 Å². The largest absolute Gasteiger partial charge is 0.488 e. The Morgan fingerprint density at radius 3 is 2.12 bits per heavy atom. The van der Waals surface area contributed by atoms with Gasteiger partial charge in [-0.2, -0.15) is 8.42 Å². The first-order valence-corrected chi connectivity index (χ1v) is 5.32. The van der Waals surface area contributed by atoms with Gasteiger partial charge in [0.15, 0.2) is 0 Å². The Kier molecular flexibility index (Phi) is 5.63. The summed E-state index contributed by atoms with van der Waals surface area (Å²) in [5, 5.41) is 0. The summed E-state index contributed by atoms with van der Waals surface area (Å²) in [6.07, 6.45) is -2.59. The van der Waals surface area contributed by atoms with E-state index in [0.29, 0.717) is 0 Å². The molecule has 0 amide bonds. The van der Waals surface area contributed by atoms with Crippen molar-refractivity contribution in [3.05, 3.63) is 24.3 Å². The van der Waals surface area contributed by atoms with Crippen molar-refractivity contribution in [3.8, 4) is 5.75 Å². The molecule has 0 aromatic heterocycles. The van der Waals surface area contributed by atoms with Crippen LogP contribution in [-0.4, -0.2) is 26.0 Å². The van der Waals surface area contributed by atoms with Crippen LogP contribution in [-0.2, 0) is 10.1 Å². The Morgan fingerprint density at radius 1 is 1.25 bits per heavy atom. The topological polar surface area (TPSA) is 63.6 Å². The fourth-order valence-corrected chi connectivity index (χ4v) is 1.35. The molecule has 0 aliphatic heterocycles. The fraction of sp³-hybridized carbons (Fsp3) is 0.250. The summed E-state index contributed by atoms with van der Waals surface area (Å²) in [6.45, 7) is -0.759. The minimum atomic E-state index is -4.25. The van der Waals surface area contributed by atoms with Crippen LogP contribution >= 0.6 is 12.4 Å². The van der Waals surface area contributed by atoms with Gasteiger partial charge < -0.3 is 4.74 Å². The molecule has 0 fully saturated rings. The van der Waals surface area contributed by atoms with Gasteiger partial charge in [0, 0.05) is 0 Å². The summed E-state index contributed by atoms with van der Waals surface area (Å²) >= 11 is 0. The van der Waals surface area contributed by atoms with Crippen molar-refractivity contribution in [2.75, 3.05) is 6.61 Å². The first-order chi connectivity index (χ1) is 6.89. The first-order valence-electron chi connectivity index (χ1n) is 3.88. The van der Waals surface area contributed by atoms with Crippen molar-refractivity contribution in [3.63, 3.8) is 0 Å². The van der Waals surface area contributed by atoms with Crippen molar-refractivity contribution < 1.29 is 26.5 Å². The zero-order valence-electron chi connectivity index (χ0n) is 7.84. The zero-order chi connectivity index (χ0) is 11.5. The van der Waals surface area contributed by atoms with Crippen LogP contribution in [0.25, 0.3) is 0 Å². The molecule has 4 nitrogen and oxygen atoms in total. The SMILES string of the molecule is Cl.O=S(=O)(O)c1ccc(OCC(F)F)cc1. The smallest absolute Gasteiger partial charge is 0.294 e. The number of halogens is 3. The number of benzene rings is 1. The van der Waals surface area contributed by atoms with E-state index in [2.05, 4.69) is 4.74 Å². The highest BCUT2D eigenvalue weighted by molar-refractivity contribution is 7.85. The molecule has 0 heterocycles. The second kappa shape index (κ2) is 5.97. The second-order valence-electron chi connectivity index (χ2n) is 2.65. The molecule has 0 saturated heterocycles. The molecule has 0 saturated carbocycles. The van der Waals surface area contributed by atoms with Crippen molar-refractivity contribution >= 4 is 22.5 Å². The Balaban J connectivity index is 0.00000225. The Bertz CT molecular complexity index is 418. The molecule has 0 unspecified atom stereocenters. The highest BCUT2D eigenvalue weighted by Crippen LogP contribution is 2.16.